The monoisotopic (exact) mass is 237 g/mol. The lowest BCUT2D eigenvalue weighted by molar-refractivity contribution is -0.142. The van der Waals surface area contributed by atoms with Crippen molar-refractivity contribution in [3.05, 3.63) is 18.1 Å². The second-order valence-corrected chi connectivity index (χ2v) is 4.05. The van der Waals surface area contributed by atoms with E-state index in [1.165, 1.54) is 6.33 Å². The van der Waals surface area contributed by atoms with Gasteiger partial charge in [0.15, 0.2) is 0 Å². The molecule has 1 aromatic heterocycles. The zero-order chi connectivity index (χ0) is 12.3. The Bertz CT molecular complexity index is 418. The van der Waals surface area contributed by atoms with Crippen LogP contribution in [0.4, 0.5) is 0 Å². The summed E-state index contributed by atoms with van der Waals surface area (Å²) in [5.41, 5.74) is 5.34. The predicted octanol–water partition coefficient (Wildman–Crippen LogP) is 0.366. The average Bonchev–Trinajstić information content (AvgIpc) is 2.27. The van der Waals surface area contributed by atoms with Crippen molar-refractivity contribution in [3.8, 4) is 5.88 Å². The predicted molar refractivity (Wildman–Crippen MR) is 59.3 cm³/mol. The highest BCUT2D eigenvalue weighted by atomic mass is 16.5. The van der Waals surface area contributed by atoms with Crippen LogP contribution in [-0.4, -0.2) is 29.6 Å². The first kappa shape index (κ1) is 11.8. The Labute approximate surface area is 99.1 Å². The number of carbonyl (C=O) groups excluding carboxylic acids is 1. The second kappa shape index (κ2) is 4.67. The average molecular weight is 237 g/mol. The Morgan fingerprint density at radius 2 is 2.29 bits per heavy atom. The Morgan fingerprint density at radius 1 is 1.53 bits per heavy atom. The molecule has 6 nitrogen and oxygen atoms in total. The van der Waals surface area contributed by atoms with Crippen LogP contribution in [0.15, 0.2) is 12.4 Å². The summed E-state index contributed by atoms with van der Waals surface area (Å²) in [5, 5.41) is 0. The number of rotatable bonds is 5. The van der Waals surface area contributed by atoms with Gasteiger partial charge in [-0.3, -0.25) is 4.79 Å². The summed E-state index contributed by atoms with van der Waals surface area (Å²) in [6.07, 6.45) is 4.15. The van der Waals surface area contributed by atoms with E-state index in [4.69, 9.17) is 15.2 Å². The molecule has 0 aliphatic heterocycles. The van der Waals surface area contributed by atoms with Crippen LogP contribution in [0.3, 0.4) is 0 Å². The van der Waals surface area contributed by atoms with Gasteiger partial charge in [0.1, 0.15) is 18.5 Å². The van der Waals surface area contributed by atoms with E-state index in [1.807, 2.05) is 0 Å². The van der Waals surface area contributed by atoms with Crippen LogP contribution in [0, 0.1) is 0 Å². The van der Waals surface area contributed by atoms with Crippen LogP contribution in [0.25, 0.3) is 0 Å². The molecule has 1 heterocycles. The number of nitrogens with zero attached hydrogens (tertiary/aromatic N) is 2. The van der Waals surface area contributed by atoms with Crippen LogP contribution in [0.5, 0.6) is 5.88 Å². The molecule has 0 unspecified atom stereocenters. The largest absolute Gasteiger partial charge is 0.481 e. The minimum atomic E-state index is -0.495. The molecule has 0 bridgehead atoms. The first-order chi connectivity index (χ1) is 8.16. The van der Waals surface area contributed by atoms with Crippen LogP contribution in [-0.2, 0) is 15.1 Å². The van der Waals surface area contributed by atoms with Crippen LogP contribution in [0.1, 0.15) is 25.0 Å². The lowest BCUT2D eigenvalue weighted by atomic mass is 9.77. The summed E-state index contributed by atoms with van der Waals surface area (Å²) >= 11 is 0. The summed E-state index contributed by atoms with van der Waals surface area (Å²) in [6, 6.07) is 1.74. The van der Waals surface area contributed by atoms with E-state index in [1.54, 1.807) is 13.2 Å². The van der Waals surface area contributed by atoms with Gasteiger partial charge in [-0.15, -0.1) is 0 Å². The minimum absolute atomic E-state index is 0.0910. The fourth-order valence-electron chi connectivity index (χ4n) is 1.88. The van der Waals surface area contributed by atoms with E-state index >= 15 is 0 Å². The molecule has 1 aliphatic rings. The number of hydrogen-bond acceptors (Lipinski definition) is 5. The number of primary amides is 1. The van der Waals surface area contributed by atoms with Gasteiger partial charge in [0.25, 0.3) is 0 Å². The van der Waals surface area contributed by atoms with Gasteiger partial charge in [-0.05, 0) is 19.3 Å². The Kier molecular flexibility index (Phi) is 3.23. The molecule has 1 aliphatic carbocycles. The smallest absolute Gasteiger partial charge is 0.243 e. The molecular formula is C11H15N3O3. The van der Waals surface area contributed by atoms with E-state index in [-0.39, 0.29) is 6.61 Å². The molecule has 1 aromatic rings. The van der Waals surface area contributed by atoms with Gasteiger partial charge in [0.05, 0.1) is 12.8 Å². The molecule has 6 heteroatoms. The van der Waals surface area contributed by atoms with Gasteiger partial charge in [0.2, 0.25) is 11.8 Å². The van der Waals surface area contributed by atoms with Crippen molar-refractivity contribution in [3.63, 3.8) is 0 Å². The highest BCUT2D eigenvalue weighted by Crippen LogP contribution is 2.44. The van der Waals surface area contributed by atoms with E-state index in [0.29, 0.717) is 5.88 Å². The Balaban J connectivity index is 2.18. The maximum Gasteiger partial charge on any atom is 0.243 e. The van der Waals surface area contributed by atoms with Gasteiger partial charge in [-0.25, -0.2) is 9.97 Å². The molecule has 0 atom stereocenters. The minimum Gasteiger partial charge on any atom is -0.481 e. The summed E-state index contributed by atoms with van der Waals surface area (Å²) in [5.74, 6) is 0.0150. The van der Waals surface area contributed by atoms with E-state index in [0.717, 1.165) is 25.0 Å². The van der Waals surface area contributed by atoms with Crippen molar-refractivity contribution in [1.29, 1.82) is 0 Å². The number of hydrogen-bond donors (Lipinski definition) is 1. The maximum atomic E-state index is 10.8. The lowest BCUT2D eigenvalue weighted by Gasteiger charge is -2.40. The van der Waals surface area contributed by atoms with E-state index in [2.05, 4.69) is 9.97 Å². The number of aromatic nitrogens is 2. The van der Waals surface area contributed by atoms with E-state index in [9.17, 15) is 4.79 Å². The molecule has 1 amide bonds. The third-order valence-electron chi connectivity index (χ3n) is 2.97. The number of nitrogens with two attached hydrogens (primary N) is 1. The number of carbonyl (C=O) groups is 1. The molecule has 1 saturated carbocycles. The maximum absolute atomic E-state index is 10.8. The zero-order valence-corrected chi connectivity index (χ0v) is 9.68. The van der Waals surface area contributed by atoms with Crippen molar-refractivity contribution in [2.24, 2.45) is 5.73 Å². The fourth-order valence-corrected chi connectivity index (χ4v) is 1.88. The van der Waals surface area contributed by atoms with Crippen molar-refractivity contribution < 1.29 is 14.3 Å². The zero-order valence-electron chi connectivity index (χ0n) is 9.68. The van der Waals surface area contributed by atoms with Crippen molar-refractivity contribution >= 4 is 5.91 Å². The third kappa shape index (κ3) is 2.36. The highest BCUT2D eigenvalue weighted by Gasteiger charge is 2.41. The molecule has 0 spiro atoms. The SMILES string of the molecule is COc1cc(C2(OCC(N)=O)CCC2)ncn1. The normalized spacial score (nSPS) is 17.2. The van der Waals surface area contributed by atoms with Crippen molar-refractivity contribution in [2.75, 3.05) is 13.7 Å². The van der Waals surface area contributed by atoms with Crippen LogP contribution >= 0.6 is 0 Å². The number of ether oxygens (including phenoxy) is 2. The van der Waals surface area contributed by atoms with Gasteiger partial charge in [0, 0.05) is 6.07 Å². The van der Waals surface area contributed by atoms with Crippen molar-refractivity contribution in [1.82, 2.24) is 9.97 Å². The van der Waals surface area contributed by atoms with Gasteiger partial charge < -0.3 is 15.2 Å². The van der Waals surface area contributed by atoms with Gasteiger partial charge >= 0.3 is 0 Å². The molecule has 2 rings (SSSR count). The molecule has 2 N–H and O–H groups in total. The summed E-state index contributed by atoms with van der Waals surface area (Å²) in [7, 11) is 1.55. The third-order valence-corrected chi connectivity index (χ3v) is 2.97. The Morgan fingerprint density at radius 3 is 2.82 bits per heavy atom. The van der Waals surface area contributed by atoms with Crippen LogP contribution < -0.4 is 10.5 Å². The molecule has 0 aromatic carbocycles. The number of methoxy groups -OCH3 is 1. The topological polar surface area (TPSA) is 87.3 Å². The standard InChI is InChI=1S/C11H15N3O3/c1-16-10-5-8(13-7-14-10)11(3-2-4-11)17-6-9(12)15/h5,7H,2-4,6H2,1H3,(H2,12,15). The lowest BCUT2D eigenvalue weighted by Crippen LogP contribution is -2.40. The van der Waals surface area contributed by atoms with Gasteiger partial charge in [-0.2, -0.15) is 0 Å². The Hall–Kier alpha value is -1.69. The van der Waals surface area contributed by atoms with Crippen molar-refractivity contribution in [2.45, 2.75) is 24.9 Å². The fraction of sp³-hybridized carbons (Fsp3) is 0.545. The quantitative estimate of drug-likeness (QED) is 0.799. The first-order valence-corrected chi connectivity index (χ1v) is 5.45. The summed E-state index contributed by atoms with van der Waals surface area (Å²) in [4.78, 5) is 18.9. The molecule has 0 saturated heterocycles. The molecular weight excluding hydrogens is 222 g/mol. The van der Waals surface area contributed by atoms with Crippen LogP contribution in [0.2, 0.25) is 0 Å². The summed E-state index contributed by atoms with van der Waals surface area (Å²) < 4.78 is 10.6. The first-order valence-electron chi connectivity index (χ1n) is 5.45. The number of amides is 1. The van der Waals surface area contributed by atoms with E-state index < -0.39 is 11.5 Å². The molecule has 17 heavy (non-hydrogen) atoms. The second-order valence-electron chi connectivity index (χ2n) is 4.05. The van der Waals surface area contributed by atoms with Gasteiger partial charge in [-0.1, -0.05) is 0 Å². The molecule has 92 valence electrons. The molecule has 0 radical (unpaired) electrons. The highest BCUT2D eigenvalue weighted by molar-refractivity contribution is 5.75. The molecule has 1 fully saturated rings. The summed E-state index contributed by atoms with van der Waals surface area (Å²) in [6.45, 7) is -0.0910.